The molecular weight excluding hydrogens is 346 g/mol. The molecule has 27 heavy (non-hydrogen) atoms. The molecule has 7 heteroatoms. The van der Waals surface area contributed by atoms with Gasteiger partial charge in [-0.05, 0) is 37.6 Å². The number of urea groups is 1. The Bertz CT molecular complexity index is 793. The molecule has 7 nitrogen and oxygen atoms in total. The Kier molecular flexibility index (Phi) is 7.49. The number of benzene rings is 1. The van der Waals surface area contributed by atoms with E-state index in [1.165, 1.54) is 11.8 Å². The fraction of sp³-hybridized carbons (Fsp3) is 0.300. The van der Waals surface area contributed by atoms with Crippen LogP contribution in [0, 0.1) is 0 Å². The smallest absolute Gasteiger partial charge is 0.322 e. The number of nitrogens with one attached hydrogen (secondary N) is 1. The van der Waals surface area contributed by atoms with Gasteiger partial charge < -0.3 is 15.0 Å². The van der Waals surface area contributed by atoms with Gasteiger partial charge in [-0.3, -0.25) is 14.6 Å². The van der Waals surface area contributed by atoms with E-state index in [2.05, 4.69) is 10.3 Å². The summed E-state index contributed by atoms with van der Waals surface area (Å²) in [6.07, 6.45) is 3.39. The van der Waals surface area contributed by atoms with Crippen molar-refractivity contribution in [3.8, 4) is 0 Å². The van der Waals surface area contributed by atoms with E-state index in [9.17, 15) is 14.4 Å². The second-order valence-electron chi connectivity index (χ2n) is 5.87. The minimum atomic E-state index is -0.406. The van der Waals surface area contributed by atoms with Crippen LogP contribution < -0.4 is 5.32 Å². The molecule has 0 atom stereocenters. The van der Waals surface area contributed by atoms with Crippen LogP contribution in [0.5, 0.6) is 0 Å². The van der Waals surface area contributed by atoms with Gasteiger partial charge >= 0.3 is 12.0 Å². The Hall–Kier alpha value is -3.22. The molecule has 0 aliphatic heterocycles. The van der Waals surface area contributed by atoms with Gasteiger partial charge in [0.2, 0.25) is 0 Å². The number of Topliss-reactive ketones (excluding diaryl/α,β-unsaturated/α-hetero) is 1. The van der Waals surface area contributed by atoms with Crippen molar-refractivity contribution >= 4 is 23.5 Å². The lowest BCUT2D eigenvalue weighted by Gasteiger charge is -2.23. The van der Waals surface area contributed by atoms with Gasteiger partial charge in [-0.2, -0.15) is 0 Å². The number of hydrogen-bond donors (Lipinski definition) is 1. The first-order valence-corrected chi connectivity index (χ1v) is 8.71. The zero-order chi connectivity index (χ0) is 19.6. The number of rotatable bonds is 8. The lowest BCUT2D eigenvalue weighted by molar-refractivity contribution is -0.143. The number of esters is 1. The molecule has 0 fully saturated rings. The highest BCUT2D eigenvalue weighted by Crippen LogP contribution is 2.17. The summed E-state index contributed by atoms with van der Waals surface area (Å²) in [4.78, 5) is 41.8. The van der Waals surface area contributed by atoms with Crippen molar-refractivity contribution in [2.45, 2.75) is 26.8 Å². The number of carbonyl (C=O) groups excluding carboxylic acids is 3. The van der Waals surface area contributed by atoms with E-state index in [-0.39, 0.29) is 31.3 Å². The first-order chi connectivity index (χ1) is 13.0. The third kappa shape index (κ3) is 6.22. The molecule has 1 aromatic heterocycles. The number of ether oxygens (including phenoxy) is 1. The van der Waals surface area contributed by atoms with E-state index in [0.29, 0.717) is 17.9 Å². The molecule has 0 unspecified atom stereocenters. The molecule has 0 bridgehead atoms. The van der Waals surface area contributed by atoms with E-state index < -0.39 is 6.03 Å². The quantitative estimate of drug-likeness (QED) is 0.570. The molecule has 0 saturated heterocycles. The highest BCUT2D eigenvalue weighted by atomic mass is 16.5. The molecule has 0 saturated carbocycles. The molecule has 0 spiro atoms. The van der Waals surface area contributed by atoms with E-state index in [4.69, 9.17) is 4.74 Å². The van der Waals surface area contributed by atoms with Crippen LogP contribution in [0.2, 0.25) is 0 Å². The van der Waals surface area contributed by atoms with Crippen molar-refractivity contribution in [1.82, 2.24) is 9.88 Å². The molecule has 2 rings (SSSR count). The maximum absolute atomic E-state index is 12.8. The second-order valence-corrected chi connectivity index (χ2v) is 5.87. The molecule has 0 aliphatic carbocycles. The lowest BCUT2D eigenvalue weighted by atomic mass is 10.1. The normalized spacial score (nSPS) is 10.1. The number of nitrogens with zero attached hydrogens (tertiary/aromatic N) is 2. The summed E-state index contributed by atoms with van der Waals surface area (Å²) in [6.45, 7) is 3.93. The standard InChI is InChI=1S/C20H23N3O4/c1-3-27-19(25)10-12-23(14-16-7-6-11-21-13-16)20(26)22-18-9-5-4-8-17(18)15(2)24/h4-9,11,13H,3,10,12,14H2,1-2H3,(H,22,26). The van der Waals surface area contributed by atoms with Gasteiger partial charge in [0.05, 0.1) is 18.7 Å². The van der Waals surface area contributed by atoms with Crippen LogP contribution in [0.25, 0.3) is 0 Å². The van der Waals surface area contributed by atoms with Crippen molar-refractivity contribution < 1.29 is 19.1 Å². The summed E-state index contributed by atoms with van der Waals surface area (Å²) in [7, 11) is 0. The highest BCUT2D eigenvalue weighted by Gasteiger charge is 2.18. The number of ketones is 1. The summed E-state index contributed by atoms with van der Waals surface area (Å²) in [5.41, 5.74) is 1.69. The number of carbonyl (C=O) groups is 3. The van der Waals surface area contributed by atoms with Gasteiger partial charge in [0.1, 0.15) is 0 Å². The molecule has 2 aromatic rings. The summed E-state index contributed by atoms with van der Waals surface area (Å²) in [6, 6.07) is 10.0. The summed E-state index contributed by atoms with van der Waals surface area (Å²) in [5.74, 6) is -0.512. The van der Waals surface area contributed by atoms with Gasteiger partial charge in [-0.15, -0.1) is 0 Å². The summed E-state index contributed by atoms with van der Waals surface area (Å²) >= 11 is 0. The fourth-order valence-electron chi connectivity index (χ4n) is 2.52. The molecule has 142 valence electrons. The Morgan fingerprint density at radius 1 is 1.15 bits per heavy atom. The fourth-order valence-corrected chi connectivity index (χ4v) is 2.52. The van der Waals surface area contributed by atoms with Gasteiger partial charge in [-0.25, -0.2) is 4.79 Å². The van der Waals surface area contributed by atoms with Crippen LogP contribution in [0.1, 0.15) is 36.2 Å². The third-order valence-electron chi connectivity index (χ3n) is 3.82. The van der Waals surface area contributed by atoms with Crippen LogP contribution in [0.4, 0.5) is 10.5 Å². The second kappa shape index (κ2) is 10.1. The summed E-state index contributed by atoms with van der Waals surface area (Å²) < 4.78 is 4.94. The Balaban J connectivity index is 2.14. The number of anilines is 1. The molecular formula is C20H23N3O4. The number of aromatic nitrogens is 1. The van der Waals surface area contributed by atoms with Gasteiger partial charge in [0.15, 0.2) is 5.78 Å². The maximum Gasteiger partial charge on any atom is 0.322 e. The highest BCUT2D eigenvalue weighted by molar-refractivity contribution is 6.03. The third-order valence-corrected chi connectivity index (χ3v) is 3.82. The average molecular weight is 369 g/mol. The van der Waals surface area contributed by atoms with E-state index in [1.54, 1.807) is 49.6 Å². The zero-order valence-corrected chi connectivity index (χ0v) is 15.5. The Morgan fingerprint density at radius 3 is 2.59 bits per heavy atom. The van der Waals surface area contributed by atoms with Crippen molar-refractivity contribution in [3.63, 3.8) is 0 Å². The van der Waals surface area contributed by atoms with Gasteiger partial charge in [0, 0.05) is 31.0 Å². The largest absolute Gasteiger partial charge is 0.466 e. The predicted molar refractivity (Wildman–Crippen MR) is 101 cm³/mol. The van der Waals surface area contributed by atoms with E-state index >= 15 is 0 Å². The van der Waals surface area contributed by atoms with Gasteiger partial charge in [0.25, 0.3) is 0 Å². The molecule has 0 radical (unpaired) electrons. The van der Waals surface area contributed by atoms with Crippen molar-refractivity contribution in [2.24, 2.45) is 0 Å². The predicted octanol–water partition coefficient (Wildman–Crippen LogP) is 3.27. The SMILES string of the molecule is CCOC(=O)CCN(Cc1cccnc1)C(=O)Nc1ccccc1C(C)=O. The lowest BCUT2D eigenvalue weighted by Crippen LogP contribution is -2.36. The maximum atomic E-state index is 12.8. The topological polar surface area (TPSA) is 88.6 Å². The minimum Gasteiger partial charge on any atom is -0.466 e. The molecule has 0 aliphatic rings. The molecule has 1 N–H and O–H groups in total. The molecule has 1 aromatic carbocycles. The van der Waals surface area contributed by atoms with Crippen LogP contribution in [-0.2, 0) is 16.1 Å². The number of amides is 2. The first-order valence-electron chi connectivity index (χ1n) is 8.71. The monoisotopic (exact) mass is 369 g/mol. The molecule has 1 heterocycles. The van der Waals surface area contributed by atoms with Crippen LogP contribution in [-0.4, -0.2) is 40.8 Å². The van der Waals surface area contributed by atoms with E-state index in [0.717, 1.165) is 5.56 Å². The minimum absolute atomic E-state index is 0.0792. The van der Waals surface area contributed by atoms with Crippen molar-refractivity contribution in [2.75, 3.05) is 18.5 Å². The number of pyridine rings is 1. The average Bonchev–Trinajstić information content (AvgIpc) is 2.66. The van der Waals surface area contributed by atoms with Gasteiger partial charge in [-0.1, -0.05) is 18.2 Å². The van der Waals surface area contributed by atoms with Crippen LogP contribution in [0.3, 0.4) is 0 Å². The van der Waals surface area contributed by atoms with Crippen molar-refractivity contribution in [1.29, 1.82) is 0 Å². The molecule has 2 amide bonds. The number of para-hydroxylation sites is 1. The van der Waals surface area contributed by atoms with E-state index in [1.807, 2.05) is 6.07 Å². The Morgan fingerprint density at radius 2 is 1.93 bits per heavy atom. The summed E-state index contributed by atoms with van der Waals surface area (Å²) in [5, 5.41) is 2.76. The zero-order valence-electron chi connectivity index (χ0n) is 15.5. The Labute approximate surface area is 158 Å². The van der Waals surface area contributed by atoms with Crippen LogP contribution >= 0.6 is 0 Å². The van der Waals surface area contributed by atoms with Crippen molar-refractivity contribution in [3.05, 3.63) is 59.9 Å². The first kappa shape index (κ1) is 20.1. The van der Waals surface area contributed by atoms with Crippen LogP contribution in [0.15, 0.2) is 48.8 Å². The number of hydrogen-bond acceptors (Lipinski definition) is 5.